The maximum absolute atomic E-state index is 5.89. The average Bonchev–Trinajstić information content (AvgIpc) is 3.22. The van der Waals surface area contributed by atoms with Crippen LogP contribution in [-0.4, -0.2) is 33.8 Å². The van der Waals surface area contributed by atoms with Gasteiger partial charge in [0.2, 0.25) is 0 Å². The zero-order valence-electron chi connectivity index (χ0n) is 18.0. The summed E-state index contributed by atoms with van der Waals surface area (Å²) in [6.07, 6.45) is 18.5. The molecule has 1 aliphatic carbocycles. The van der Waals surface area contributed by atoms with Gasteiger partial charge in [0.1, 0.15) is 23.5 Å². The van der Waals surface area contributed by atoms with Crippen molar-refractivity contribution < 1.29 is 4.74 Å². The van der Waals surface area contributed by atoms with E-state index in [1.807, 2.05) is 51.4 Å². The normalized spacial score (nSPS) is 19.5. The molecule has 4 rings (SSSR count). The van der Waals surface area contributed by atoms with Crippen LogP contribution in [0.1, 0.15) is 38.6 Å². The van der Waals surface area contributed by atoms with Crippen LogP contribution < -0.4 is 9.96 Å². The molecule has 7 heteroatoms. The second-order valence-electron chi connectivity index (χ2n) is 7.66. The first kappa shape index (κ1) is 20.9. The highest BCUT2D eigenvalue weighted by Crippen LogP contribution is 2.34. The molecule has 0 amide bonds. The molecule has 2 heterocycles. The van der Waals surface area contributed by atoms with E-state index in [2.05, 4.69) is 25.8 Å². The molecule has 0 radical (unpaired) electrons. The lowest BCUT2D eigenvalue weighted by Crippen LogP contribution is -2.32. The Labute approximate surface area is 183 Å². The molecule has 1 saturated carbocycles. The third kappa shape index (κ3) is 4.55. The molecule has 1 fully saturated rings. The topological polar surface area (TPSA) is 64.9 Å². The smallest absolute Gasteiger partial charge is 0.182 e. The summed E-state index contributed by atoms with van der Waals surface area (Å²) in [6.45, 7) is 1.91. The van der Waals surface area contributed by atoms with Crippen LogP contribution in [0.2, 0.25) is 0 Å². The third-order valence-corrected chi connectivity index (χ3v) is 5.81. The van der Waals surface area contributed by atoms with Gasteiger partial charge in [-0.15, -0.1) is 6.42 Å². The lowest BCUT2D eigenvalue weighted by Gasteiger charge is -2.28. The number of aromatic nitrogens is 4. The Kier molecular flexibility index (Phi) is 6.49. The second-order valence-corrected chi connectivity index (χ2v) is 7.66. The molecular formula is C24H26BN5O. The second kappa shape index (κ2) is 9.63. The maximum atomic E-state index is 5.89. The van der Waals surface area contributed by atoms with Crippen molar-refractivity contribution in [3.05, 3.63) is 60.8 Å². The maximum Gasteiger partial charge on any atom is 0.182 e. The summed E-state index contributed by atoms with van der Waals surface area (Å²) in [7, 11) is 2.04. The summed E-state index contributed by atoms with van der Waals surface area (Å²) in [4.78, 5) is 8.81. The van der Waals surface area contributed by atoms with Crippen molar-refractivity contribution in [3.8, 4) is 29.4 Å². The standard InChI is InChI=1S/C24H26BN5O/c1-3-5-6-20(4-2)31-21-13-7-17(8-14-21)23-22-15-26-16-27-24(22)30(29-23)19-11-9-18(28-25)10-12-19/h1,4-8,13-16,18-19,28H,9-12,25H2,2H3/b6-5-,20-4+. The van der Waals surface area contributed by atoms with Gasteiger partial charge in [0.05, 0.1) is 11.4 Å². The number of ether oxygens (including phenoxy) is 1. The number of rotatable bonds is 6. The van der Waals surface area contributed by atoms with Gasteiger partial charge in [0, 0.05) is 11.8 Å². The fraction of sp³-hybridized carbons (Fsp3) is 0.292. The number of hydrogen-bond acceptors (Lipinski definition) is 5. The minimum absolute atomic E-state index is 0.360. The van der Waals surface area contributed by atoms with E-state index in [4.69, 9.17) is 16.3 Å². The van der Waals surface area contributed by atoms with Gasteiger partial charge >= 0.3 is 0 Å². The van der Waals surface area contributed by atoms with Crippen LogP contribution in [0.4, 0.5) is 0 Å². The van der Waals surface area contributed by atoms with Crippen LogP contribution in [0.15, 0.2) is 60.8 Å². The van der Waals surface area contributed by atoms with Crippen LogP contribution in [0.3, 0.4) is 0 Å². The number of benzene rings is 1. The summed E-state index contributed by atoms with van der Waals surface area (Å²) in [5.74, 6) is 3.91. The van der Waals surface area contributed by atoms with E-state index in [9.17, 15) is 0 Å². The number of nitrogens with zero attached hydrogens (tertiary/aromatic N) is 4. The van der Waals surface area contributed by atoms with E-state index in [1.165, 1.54) is 0 Å². The molecule has 0 saturated heterocycles. The molecular weight excluding hydrogens is 385 g/mol. The van der Waals surface area contributed by atoms with Crippen molar-refractivity contribution in [2.45, 2.75) is 44.7 Å². The van der Waals surface area contributed by atoms with E-state index in [1.54, 1.807) is 18.5 Å². The van der Waals surface area contributed by atoms with E-state index < -0.39 is 0 Å². The molecule has 1 aliphatic rings. The number of allylic oxidation sites excluding steroid dienone is 3. The van der Waals surface area contributed by atoms with Crippen molar-refractivity contribution >= 4 is 19.0 Å². The Hall–Kier alpha value is -3.37. The summed E-state index contributed by atoms with van der Waals surface area (Å²) < 4.78 is 7.99. The zero-order valence-corrected chi connectivity index (χ0v) is 18.0. The fourth-order valence-corrected chi connectivity index (χ4v) is 4.09. The largest absolute Gasteiger partial charge is 0.458 e. The molecule has 3 aromatic rings. The highest BCUT2D eigenvalue weighted by Gasteiger charge is 2.25. The van der Waals surface area contributed by atoms with Crippen LogP contribution in [0, 0.1) is 12.3 Å². The molecule has 0 aliphatic heterocycles. The van der Waals surface area contributed by atoms with Gasteiger partial charge in [-0.3, -0.25) is 0 Å². The number of hydrogen-bond donors (Lipinski definition) is 1. The van der Waals surface area contributed by atoms with Crippen LogP contribution in [0.5, 0.6) is 5.75 Å². The minimum Gasteiger partial charge on any atom is -0.458 e. The van der Waals surface area contributed by atoms with Crippen molar-refractivity contribution in [1.29, 1.82) is 0 Å². The Balaban J connectivity index is 1.61. The van der Waals surface area contributed by atoms with Crippen molar-refractivity contribution in [3.63, 3.8) is 0 Å². The van der Waals surface area contributed by atoms with E-state index in [0.717, 1.165) is 53.7 Å². The van der Waals surface area contributed by atoms with Gasteiger partial charge in [-0.1, -0.05) is 5.92 Å². The fourth-order valence-electron chi connectivity index (χ4n) is 4.09. The third-order valence-electron chi connectivity index (χ3n) is 5.81. The first-order valence-electron chi connectivity index (χ1n) is 10.7. The molecule has 2 aromatic heterocycles. The van der Waals surface area contributed by atoms with Crippen LogP contribution in [0.25, 0.3) is 22.3 Å². The van der Waals surface area contributed by atoms with E-state index in [-0.39, 0.29) is 0 Å². The highest BCUT2D eigenvalue weighted by molar-refractivity contribution is 6.04. The van der Waals surface area contributed by atoms with Gasteiger partial charge in [-0.2, -0.15) is 5.10 Å². The predicted octanol–water partition coefficient (Wildman–Crippen LogP) is 3.59. The zero-order chi connectivity index (χ0) is 21.6. The molecule has 0 spiro atoms. The summed E-state index contributed by atoms with van der Waals surface area (Å²) in [6, 6.07) is 8.87. The van der Waals surface area contributed by atoms with Crippen LogP contribution >= 0.6 is 0 Å². The van der Waals surface area contributed by atoms with E-state index in [0.29, 0.717) is 17.8 Å². The lowest BCUT2D eigenvalue weighted by molar-refractivity contribution is 0.300. The first-order chi connectivity index (χ1) is 15.2. The highest BCUT2D eigenvalue weighted by atomic mass is 16.5. The van der Waals surface area contributed by atoms with Gasteiger partial charge in [-0.05, 0) is 81.1 Å². The molecule has 156 valence electrons. The number of terminal acetylenes is 1. The molecule has 31 heavy (non-hydrogen) atoms. The number of fused-ring (bicyclic) bond motifs is 1. The Morgan fingerprint density at radius 3 is 2.71 bits per heavy atom. The molecule has 0 bridgehead atoms. The van der Waals surface area contributed by atoms with Gasteiger partial charge in [-0.25, -0.2) is 14.6 Å². The Bertz CT molecular complexity index is 1130. The Morgan fingerprint density at radius 2 is 2.03 bits per heavy atom. The average molecular weight is 411 g/mol. The SMILES string of the molecule is BNC1CCC(n2nc(-c3ccc(OC(/C=C\C#C)=C/C)cc3)c3cncnc32)CC1. The summed E-state index contributed by atoms with van der Waals surface area (Å²) >= 11 is 0. The lowest BCUT2D eigenvalue weighted by atomic mass is 9.90. The monoisotopic (exact) mass is 411 g/mol. The van der Waals surface area contributed by atoms with Crippen molar-refractivity contribution in [1.82, 2.24) is 25.0 Å². The molecule has 6 nitrogen and oxygen atoms in total. The predicted molar refractivity (Wildman–Crippen MR) is 126 cm³/mol. The van der Waals surface area contributed by atoms with Crippen LogP contribution in [-0.2, 0) is 0 Å². The first-order valence-corrected chi connectivity index (χ1v) is 10.7. The molecule has 1 N–H and O–H groups in total. The summed E-state index contributed by atoms with van der Waals surface area (Å²) in [5.41, 5.74) is 2.81. The van der Waals surface area contributed by atoms with Crippen molar-refractivity contribution in [2.24, 2.45) is 0 Å². The van der Waals surface area contributed by atoms with Gasteiger partial charge in [0.15, 0.2) is 13.6 Å². The molecule has 1 aromatic carbocycles. The van der Waals surface area contributed by atoms with E-state index >= 15 is 0 Å². The molecule has 0 atom stereocenters. The Morgan fingerprint density at radius 1 is 1.26 bits per heavy atom. The van der Waals surface area contributed by atoms with Gasteiger partial charge < -0.3 is 9.96 Å². The molecule has 0 unspecified atom stereocenters. The van der Waals surface area contributed by atoms with Gasteiger partial charge in [0.25, 0.3) is 0 Å². The minimum atomic E-state index is 0.360. The number of nitrogens with one attached hydrogen (secondary N) is 1. The van der Waals surface area contributed by atoms with Crippen molar-refractivity contribution in [2.75, 3.05) is 0 Å². The quantitative estimate of drug-likeness (QED) is 0.291. The summed E-state index contributed by atoms with van der Waals surface area (Å²) in [5, 5.41) is 9.35.